The fourth-order valence-electron chi connectivity index (χ4n) is 5.04. The maximum atomic E-state index is 11.3. The van der Waals surface area contributed by atoms with Crippen LogP contribution in [0.1, 0.15) is 31.8 Å². The summed E-state index contributed by atoms with van der Waals surface area (Å²) in [6.45, 7) is 2.99. The predicted molar refractivity (Wildman–Crippen MR) is 165 cm³/mol. The maximum absolute atomic E-state index is 11.3. The van der Waals surface area contributed by atoms with Crippen molar-refractivity contribution >= 4 is 28.7 Å². The van der Waals surface area contributed by atoms with Gasteiger partial charge in [0.25, 0.3) is 0 Å². The number of carbonyl (C=O) groups is 2. The minimum absolute atomic E-state index is 0.431. The zero-order chi connectivity index (χ0) is 28.6. The van der Waals surface area contributed by atoms with Gasteiger partial charge < -0.3 is 20.7 Å². The summed E-state index contributed by atoms with van der Waals surface area (Å²) in [5, 5.41) is 5.77. The van der Waals surface area contributed by atoms with Crippen LogP contribution in [-0.4, -0.2) is 32.4 Å². The largest absolute Gasteiger partial charge is 0.490 e. The Hall–Kier alpha value is -4.94. The lowest BCUT2D eigenvalue weighted by Crippen LogP contribution is -2.32. The highest BCUT2D eigenvalue weighted by Crippen LogP contribution is 2.34. The van der Waals surface area contributed by atoms with Crippen LogP contribution in [0.3, 0.4) is 0 Å². The monoisotopic (exact) mass is 543 g/mol. The number of carbonyl (C=O) groups excluding carboxylic acids is 2. The minimum atomic E-state index is -0.431. The van der Waals surface area contributed by atoms with E-state index in [4.69, 9.17) is 10.5 Å². The number of hydrogen-bond acceptors (Lipinski definition) is 5. The lowest BCUT2D eigenvalue weighted by molar-refractivity contribution is 0.1000. The Morgan fingerprint density at radius 3 is 2.41 bits per heavy atom. The molecule has 0 atom stereocenters. The molecule has 0 bridgehead atoms. The first kappa shape index (κ1) is 27.6. The van der Waals surface area contributed by atoms with Gasteiger partial charge >= 0.3 is 0 Å². The highest BCUT2D eigenvalue weighted by molar-refractivity contribution is 5.93. The number of nitrogens with zero attached hydrogens (tertiary/aromatic N) is 1. The molecule has 3 N–H and O–H groups in total. The Balaban J connectivity index is 0.000000216. The van der Waals surface area contributed by atoms with Crippen LogP contribution in [-0.2, 0) is 13.1 Å². The smallest absolute Gasteiger partial charge is 0.248 e. The Bertz CT molecular complexity index is 1660. The predicted octanol–water partition coefficient (Wildman–Crippen LogP) is 6.22. The van der Waals surface area contributed by atoms with Crippen molar-refractivity contribution in [2.24, 2.45) is 5.73 Å². The standard InChI is InChI=1S/C23H20N2O3.C12H13N/c24-23(27)18-8-6-17(7-9-18)20-4-2-1-3-19(20)14-25-11-12-28-22-13-16(15-26)5-10-21(22)25;1-13-9-10-6-7-11-4-2-3-5-12(11)8-10/h1-10,13,15H,11-12,14H2,(H2,24,27);2-8,13H,9H2,1H3. The highest BCUT2D eigenvalue weighted by Gasteiger charge is 2.20. The van der Waals surface area contributed by atoms with Gasteiger partial charge in [0.1, 0.15) is 18.6 Å². The van der Waals surface area contributed by atoms with Crippen molar-refractivity contribution < 1.29 is 14.3 Å². The third-order valence-corrected chi connectivity index (χ3v) is 7.13. The van der Waals surface area contributed by atoms with Crippen molar-refractivity contribution in [3.05, 3.63) is 131 Å². The van der Waals surface area contributed by atoms with Gasteiger partial charge in [0.05, 0.1) is 12.2 Å². The number of hydrogen-bond donors (Lipinski definition) is 2. The third-order valence-electron chi connectivity index (χ3n) is 7.13. The van der Waals surface area contributed by atoms with Crippen molar-refractivity contribution in [1.82, 2.24) is 5.32 Å². The van der Waals surface area contributed by atoms with E-state index < -0.39 is 5.91 Å². The molecule has 5 aromatic carbocycles. The maximum Gasteiger partial charge on any atom is 0.248 e. The molecule has 1 aliphatic heterocycles. The second-order valence-corrected chi connectivity index (χ2v) is 9.93. The number of primary amides is 1. The molecule has 6 heteroatoms. The van der Waals surface area contributed by atoms with Gasteiger partial charge in [-0.2, -0.15) is 0 Å². The molecule has 206 valence electrons. The number of nitrogens with one attached hydrogen (secondary N) is 1. The quantitative estimate of drug-likeness (QED) is 0.238. The first-order valence-corrected chi connectivity index (χ1v) is 13.6. The van der Waals surface area contributed by atoms with Gasteiger partial charge in [-0.1, -0.05) is 72.8 Å². The number of nitrogens with two attached hydrogens (primary N) is 1. The molecule has 0 unspecified atom stereocenters. The van der Waals surface area contributed by atoms with Crippen LogP contribution >= 0.6 is 0 Å². The molecule has 0 spiro atoms. The Labute approximate surface area is 240 Å². The average molecular weight is 544 g/mol. The molecule has 1 amide bonds. The molecule has 1 aliphatic rings. The first-order chi connectivity index (χ1) is 20.1. The zero-order valence-electron chi connectivity index (χ0n) is 23.0. The van der Waals surface area contributed by atoms with E-state index in [9.17, 15) is 9.59 Å². The molecular formula is C35H33N3O3. The Morgan fingerprint density at radius 2 is 1.66 bits per heavy atom. The molecule has 6 rings (SSSR count). The minimum Gasteiger partial charge on any atom is -0.490 e. The third kappa shape index (κ3) is 6.62. The number of rotatable bonds is 7. The molecule has 0 saturated heterocycles. The van der Waals surface area contributed by atoms with Gasteiger partial charge in [-0.05, 0) is 76.5 Å². The summed E-state index contributed by atoms with van der Waals surface area (Å²) in [5.41, 5.74) is 12.1. The zero-order valence-corrected chi connectivity index (χ0v) is 23.0. The normalized spacial score (nSPS) is 12.1. The van der Waals surface area contributed by atoms with E-state index in [1.54, 1.807) is 18.2 Å². The van der Waals surface area contributed by atoms with Crippen molar-refractivity contribution in [3.63, 3.8) is 0 Å². The lowest BCUT2D eigenvalue weighted by Gasteiger charge is -2.32. The summed E-state index contributed by atoms with van der Waals surface area (Å²) in [5.74, 6) is 0.304. The van der Waals surface area contributed by atoms with Crippen molar-refractivity contribution in [2.45, 2.75) is 13.1 Å². The molecule has 0 fully saturated rings. The van der Waals surface area contributed by atoms with Gasteiger partial charge in [0.2, 0.25) is 5.91 Å². The second-order valence-electron chi connectivity index (χ2n) is 9.93. The van der Waals surface area contributed by atoms with E-state index in [0.717, 1.165) is 41.9 Å². The van der Waals surface area contributed by atoms with Gasteiger partial charge in [-0.15, -0.1) is 0 Å². The van der Waals surface area contributed by atoms with Gasteiger partial charge in [0, 0.05) is 24.2 Å². The summed E-state index contributed by atoms with van der Waals surface area (Å²) in [7, 11) is 1.97. The highest BCUT2D eigenvalue weighted by atomic mass is 16.5. The number of ether oxygens (including phenoxy) is 1. The van der Waals surface area contributed by atoms with E-state index in [2.05, 4.69) is 64.8 Å². The number of benzene rings is 5. The Kier molecular flexibility index (Phi) is 8.72. The average Bonchev–Trinajstić information content (AvgIpc) is 3.02. The molecule has 0 radical (unpaired) electrons. The molecule has 41 heavy (non-hydrogen) atoms. The summed E-state index contributed by atoms with van der Waals surface area (Å²) >= 11 is 0. The van der Waals surface area contributed by atoms with Crippen LogP contribution in [0.2, 0.25) is 0 Å². The molecule has 0 saturated carbocycles. The molecular weight excluding hydrogens is 510 g/mol. The van der Waals surface area contributed by atoms with Crippen LogP contribution < -0.4 is 20.7 Å². The topological polar surface area (TPSA) is 84.7 Å². The van der Waals surface area contributed by atoms with E-state index >= 15 is 0 Å². The fraction of sp³-hybridized carbons (Fsp3) is 0.143. The molecule has 0 aromatic heterocycles. The van der Waals surface area contributed by atoms with Gasteiger partial charge in [-0.25, -0.2) is 0 Å². The summed E-state index contributed by atoms with van der Waals surface area (Å²) in [6, 6.07) is 36.1. The summed E-state index contributed by atoms with van der Waals surface area (Å²) in [6.07, 6.45) is 0.827. The fourth-order valence-corrected chi connectivity index (χ4v) is 5.04. The summed E-state index contributed by atoms with van der Waals surface area (Å²) < 4.78 is 5.74. The van der Waals surface area contributed by atoms with Crippen molar-refractivity contribution in [1.29, 1.82) is 0 Å². The van der Waals surface area contributed by atoms with E-state index in [-0.39, 0.29) is 0 Å². The number of fused-ring (bicyclic) bond motifs is 2. The van der Waals surface area contributed by atoms with Crippen LogP contribution in [0.4, 0.5) is 5.69 Å². The van der Waals surface area contributed by atoms with Gasteiger partial charge in [-0.3, -0.25) is 9.59 Å². The molecule has 6 nitrogen and oxygen atoms in total. The van der Waals surface area contributed by atoms with Crippen molar-refractivity contribution in [3.8, 4) is 16.9 Å². The number of anilines is 1. The van der Waals surface area contributed by atoms with E-state index in [1.165, 1.54) is 21.9 Å². The summed E-state index contributed by atoms with van der Waals surface area (Å²) in [4.78, 5) is 24.6. The molecule has 0 aliphatic carbocycles. The van der Waals surface area contributed by atoms with Gasteiger partial charge in [0.15, 0.2) is 0 Å². The van der Waals surface area contributed by atoms with Crippen LogP contribution in [0.5, 0.6) is 5.75 Å². The van der Waals surface area contributed by atoms with Crippen molar-refractivity contribution in [2.75, 3.05) is 25.1 Å². The van der Waals surface area contributed by atoms with Crippen LogP contribution in [0.25, 0.3) is 21.9 Å². The van der Waals surface area contributed by atoms with E-state index in [1.807, 2.05) is 43.4 Å². The van der Waals surface area contributed by atoms with Crippen LogP contribution in [0, 0.1) is 0 Å². The van der Waals surface area contributed by atoms with Crippen LogP contribution in [0.15, 0.2) is 109 Å². The second kappa shape index (κ2) is 12.9. The number of aldehydes is 1. The first-order valence-electron chi connectivity index (χ1n) is 13.6. The number of amides is 1. The molecule has 1 heterocycles. The lowest BCUT2D eigenvalue weighted by atomic mass is 9.98. The van der Waals surface area contributed by atoms with E-state index in [0.29, 0.717) is 24.3 Å². The Morgan fingerprint density at radius 1 is 0.902 bits per heavy atom. The SMILES string of the molecule is CNCc1ccc2ccccc2c1.NC(=O)c1ccc(-c2ccccc2CN2CCOc3cc(C=O)ccc32)cc1. The molecule has 5 aromatic rings.